The molecule has 1 aromatic rings. The van der Waals surface area contributed by atoms with Gasteiger partial charge in [0.05, 0.1) is 4.92 Å². The Morgan fingerprint density at radius 2 is 2.20 bits per heavy atom. The van der Waals surface area contributed by atoms with E-state index in [0.29, 0.717) is 12.1 Å². The van der Waals surface area contributed by atoms with Crippen molar-refractivity contribution in [3.8, 4) is 0 Å². The van der Waals surface area contributed by atoms with E-state index in [9.17, 15) is 20.0 Å². The average molecular weight is 278 g/mol. The van der Waals surface area contributed by atoms with Crippen LogP contribution in [0.4, 0.5) is 5.69 Å². The number of rotatable bonds is 6. The van der Waals surface area contributed by atoms with Crippen LogP contribution in [0, 0.1) is 15.5 Å². The topological polar surface area (TPSA) is 92.5 Å². The van der Waals surface area contributed by atoms with Crippen LogP contribution in [0.15, 0.2) is 18.2 Å². The van der Waals surface area contributed by atoms with E-state index in [1.54, 1.807) is 6.07 Å². The Morgan fingerprint density at radius 1 is 1.50 bits per heavy atom. The SMILES string of the molecule is CC1(CNCc2cccc([N+](=O)[O-])c2C(=O)O)CCC1. The fraction of sp³-hybridized carbons (Fsp3) is 0.500. The maximum atomic E-state index is 11.2. The molecule has 1 aromatic carbocycles. The molecule has 0 amide bonds. The van der Waals surface area contributed by atoms with Gasteiger partial charge in [0, 0.05) is 19.2 Å². The fourth-order valence-electron chi connectivity index (χ4n) is 2.59. The van der Waals surface area contributed by atoms with Crippen LogP contribution < -0.4 is 5.32 Å². The Balaban J connectivity index is 2.12. The highest BCUT2D eigenvalue weighted by molar-refractivity contribution is 5.94. The third-order valence-corrected chi connectivity index (χ3v) is 3.97. The predicted octanol–water partition coefficient (Wildman–Crippen LogP) is 2.57. The maximum absolute atomic E-state index is 11.2. The lowest BCUT2D eigenvalue weighted by atomic mass is 9.70. The van der Waals surface area contributed by atoms with Crippen LogP contribution in [-0.2, 0) is 6.54 Å². The van der Waals surface area contributed by atoms with Gasteiger partial charge in [-0.15, -0.1) is 0 Å². The summed E-state index contributed by atoms with van der Waals surface area (Å²) in [4.78, 5) is 21.5. The number of aromatic carboxylic acids is 1. The van der Waals surface area contributed by atoms with E-state index in [4.69, 9.17) is 0 Å². The summed E-state index contributed by atoms with van der Waals surface area (Å²) in [6.45, 7) is 3.32. The lowest BCUT2D eigenvalue weighted by Crippen LogP contribution is -2.37. The Morgan fingerprint density at radius 3 is 2.70 bits per heavy atom. The monoisotopic (exact) mass is 278 g/mol. The molecule has 108 valence electrons. The van der Waals surface area contributed by atoms with Gasteiger partial charge in [0.15, 0.2) is 0 Å². The van der Waals surface area contributed by atoms with Crippen LogP contribution in [0.3, 0.4) is 0 Å². The van der Waals surface area contributed by atoms with Gasteiger partial charge in [0.2, 0.25) is 0 Å². The van der Waals surface area contributed by atoms with Gasteiger partial charge in [-0.25, -0.2) is 4.79 Å². The van der Waals surface area contributed by atoms with Crippen LogP contribution in [0.25, 0.3) is 0 Å². The highest BCUT2D eigenvalue weighted by Gasteiger charge is 2.31. The number of hydrogen-bond acceptors (Lipinski definition) is 4. The largest absolute Gasteiger partial charge is 0.477 e. The molecule has 20 heavy (non-hydrogen) atoms. The van der Waals surface area contributed by atoms with Gasteiger partial charge in [-0.3, -0.25) is 10.1 Å². The van der Waals surface area contributed by atoms with Gasteiger partial charge < -0.3 is 10.4 Å². The highest BCUT2D eigenvalue weighted by atomic mass is 16.6. The molecule has 1 saturated carbocycles. The van der Waals surface area contributed by atoms with E-state index in [1.807, 2.05) is 0 Å². The number of nitrogens with one attached hydrogen (secondary N) is 1. The number of carboxylic acids is 1. The summed E-state index contributed by atoms with van der Waals surface area (Å²) in [5, 5.41) is 23.3. The van der Waals surface area contributed by atoms with Gasteiger partial charge in [-0.1, -0.05) is 25.5 Å². The van der Waals surface area contributed by atoms with Crippen molar-refractivity contribution in [2.75, 3.05) is 6.54 Å². The van der Waals surface area contributed by atoms with E-state index >= 15 is 0 Å². The molecule has 6 heteroatoms. The highest BCUT2D eigenvalue weighted by Crippen LogP contribution is 2.39. The van der Waals surface area contributed by atoms with Gasteiger partial charge >= 0.3 is 5.97 Å². The number of carbonyl (C=O) groups is 1. The molecular weight excluding hydrogens is 260 g/mol. The molecule has 0 aliphatic heterocycles. The summed E-state index contributed by atoms with van der Waals surface area (Å²) in [6.07, 6.45) is 3.57. The number of nitro benzene ring substituents is 1. The van der Waals surface area contributed by atoms with E-state index in [2.05, 4.69) is 12.2 Å². The van der Waals surface area contributed by atoms with Crippen molar-refractivity contribution in [1.82, 2.24) is 5.32 Å². The molecular formula is C14H18N2O4. The molecule has 2 N–H and O–H groups in total. The minimum absolute atomic E-state index is 0.219. The average Bonchev–Trinajstić information content (AvgIpc) is 2.36. The lowest BCUT2D eigenvalue weighted by Gasteiger charge is -2.38. The van der Waals surface area contributed by atoms with Crippen molar-refractivity contribution in [2.24, 2.45) is 5.41 Å². The number of hydrogen-bond donors (Lipinski definition) is 2. The first-order chi connectivity index (χ1) is 9.43. The first-order valence-electron chi connectivity index (χ1n) is 6.63. The minimum atomic E-state index is -1.26. The number of carboxylic acid groups (broad SMARTS) is 1. The molecule has 0 radical (unpaired) electrons. The molecule has 0 heterocycles. The summed E-state index contributed by atoms with van der Waals surface area (Å²) >= 11 is 0. The van der Waals surface area contributed by atoms with Gasteiger partial charge in [0.1, 0.15) is 5.56 Å². The first kappa shape index (κ1) is 14.5. The normalized spacial score (nSPS) is 16.4. The van der Waals surface area contributed by atoms with Crippen molar-refractivity contribution in [1.29, 1.82) is 0 Å². The van der Waals surface area contributed by atoms with E-state index in [0.717, 1.165) is 6.54 Å². The zero-order valence-corrected chi connectivity index (χ0v) is 11.4. The van der Waals surface area contributed by atoms with Gasteiger partial charge in [-0.2, -0.15) is 0 Å². The minimum Gasteiger partial charge on any atom is -0.477 e. The Labute approximate surface area is 117 Å². The van der Waals surface area contributed by atoms with Crippen LogP contribution >= 0.6 is 0 Å². The fourth-order valence-corrected chi connectivity index (χ4v) is 2.59. The molecule has 0 aromatic heterocycles. The second kappa shape index (κ2) is 5.58. The smallest absolute Gasteiger partial charge is 0.343 e. The summed E-state index contributed by atoms with van der Waals surface area (Å²) < 4.78 is 0. The van der Waals surface area contributed by atoms with E-state index in [1.165, 1.54) is 31.4 Å². The second-order valence-corrected chi connectivity index (χ2v) is 5.64. The first-order valence-corrected chi connectivity index (χ1v) is 6.63. The van der Waals surface area contributed by atoms with Gasteiger partial charge in [0.25, 0.3) is 5.69 Å². The zero-order valence-electron chi connectivity index (χ0n) is 11.4. The summed E-state index contributed by atoms with van der Waals surface area (Å²) in [5.41, 5.74) is 0.162. The lowest BCUT2D eigenvalue weighted by molar-refractivity contribution is -0.385. The molecule has 1 aliphatic rings. The van der Waals surface area contributed by atoms with Crippen molar-refractivity contribution < 1.29 is 14.8 Å². The molecule has 6 nitrogen and oxygen atoms in total. The van der Waals surface area contributed by atoms with E-state index in [-0.39, 0.29) is 16.7 Å². The van der Waals surface area contributed by atoms with Crippen LogP contribution in [-0.4, -0.2) is 22.5 Å². The molecule has 0 spiro atoms. The van der Waals surface area contributed by atoms with Crippen molar-refractivity contribution >= 4 is 11.7 Å². The number of benzene rings is 1. The second-order valence-electron chi connectivity index (χ2n) is 5.64. The van der Waals surface area contributed by atoms with Crippen molar-refractivity contribution in [3.63, 3.8) is 0 Å². The predicted molar refractivity (Wildman–Crippen MR) is 73.7 cm³/mol. The Hall–Kier alpha value is -1.95. The number of nitro groups is 1. The maximum Gasteiger partial charge on any atom is 0.343 e. The molecule has 0 saturated heterocycles. The quantitative estimate of drug-likeness (QED) is 0.616. The molecule has 0 bridgehead atoms. The molecule has 0 atom stereocenters. The zero-order chi connectivity index (χ0) is 14.8. The van der Waals surface area contributed by atoms with Crippen LogP contribution in [0.2, 0.25) is 0 Å². The summed E-state index contributed by atoms with van der Waals surface area (Å²) in [6, 6.07) is 4.36. The van der Waals surface area contributed by atoms with Crippen molar-refractivity contribution in [3.05, 3.63) is 39.4 Å². The molecule has 0 unspecified atom stereocenters. The summed E-state index contributed by atoms with van der Waals surface area (Å²) in [5.74, 6) is -1.26. The summed E-state index contributed by atoms with van der Waals surface area (Å²) in [7, 11) is 0. The Bertz CT molecular complexity index is 538. The molecule has 2 rings (SSSR count). The third kappa shape index (κ3) is 2.96. The van der Waals surface area contributed by atoms with E-state index < -0.39 is 10.9 Å². The van der Waals surface area contributed by atoms with Gasteiger partial charge in [-0.05, 0) is 23.8 Å². The molecule has 1 aliphatic carbocycles. The standard InChI is InChI=1S/C14H18N2O4/c1-14(6-3-7-14)9-15-8-10-4-2-5-11(16(19)20)12(10)13(17)18/h2,4-5,15H,3,6-9H2,1H3,(H,17,18). The van der Waals surface area contributed by atoms with Crippen molar-refractivity contribution in [2.45, 2.75) is 32.7 Å². The third-order valence-electron chi connectivity index (χ3n) is 3.97. The Kier molecular flexibility index (Phi) is 4.04. The van der Waals surface area contributed by atoms with Crippen LogP contribution in [0.5, 0.6) is 0 Å². The molecule has 1 fully saturated rings. The number of nitrogens with zero attached hydrogens (tertiary/aromatic N) is 1. The van der Waals surface area contributed by atoms with Crippen LogP contribution in [0.1, 0.15) is 42.1 Å².